The molecule has 0 fully saturated rings. The highest BCUT2D eigenvalue weighted by atomic mass is 127. The minimum Gasteiger partial charge on any atom is -0.458 e. The number of esters is 1. The summed E-state index contributed by atoms with van der Waals surface area (Å²) in [5.74, 6) is -0.347. The average Bonchev–Trinajstić information content (AvgIpc) is 2.75. The van der Waals surface area contributed by atoms with Gasteiger partial charge in [0.05, 0.1) is 11.8 Å². The summed E-state index contributed by atoms with van der Waals surface area (Å²) in [6.07, 6.45) is 7.04. The summed E-state index contributed by atoms with van der Waals surface area (Å²) in [7, 11) is 0. The van der Waals surface area contributed by atoms with Crippen molar-refractivity contribution in [3.63, 3.8) is 0 Å². The van der Waals surface area contributed by atoms with Gasteiger partial charge in [0.25, 0.3) is 0 Å². The molecule has 0 radical (unpaired) electrons. The van der Waals surface area contributed by atoms with Crippen LogP contribution >= 0.6 is 22.6 Å². The Morgan fingerprint density at radius 2 is 2.44 bits per heavy atom. The lowest BCUT2D eigenvalue weighted by atomic mass is 10.3. The molecule has 4 nitrogen and oxygen atoms in total. The molecule has 0 aliphatic carbocycles. The van der Waals surface area contributed by atoms with Crippen LogP contribution in [0, 0.1) is 0 Å². The Morgan fingerprint density at radius 3 is 3.12 bits per heavy atom. The van der Waals surface area contributed by atoms with Gasteiger partial charge in [-0.15, -0.1) is 0 Å². The summed E-state index contributed by atoms with van der Waals surface area (Å²) < 4.78 is 7.83. The van der Waals surface area contributed by atoms with E-state index in [4.69, 9.17) is 4.74 Å². The van der Waals surface area contributed by atoms with Crippen LogP contribution in [0.4, 0.5) is 0 Å². The van der Waals surface area contributed by atoms with Crippen molar-refractivity contribution in [2.24, 2.45) is 0 Å². The van der Waals surface area contributed by atoms with E-state index in [-0.39, 0.29) is 12.6 Å². The minimum absolute atomic E-state index is 0.235. The Morgan fingerprint density at radius 1 is 1.62 bits per heavy atom. The second-order valence-corrected chi connectivity index (χ2v) is 4.35. The van der Waals surface area contributed by atoms with Crippen LogP contribution in [0.15, 0.2) is 25.0 Å². The van der Waals surface area contributed by atoms with E-state index >= 15 is 0 Å². The van der Waals surface area contributed by atoms with Crippen LogP contribution in [0.1, 0.15) is 23.2 Å². The molecule has 5 heteroatoms. The monoisotopic (exact) mass is 334 g/mol. The second kappa shape index (κ2) is 7.43. The number of hydrogen-bond acceptors (Lipinski definition) is 3. The van der Waals surface area contributed by atoms with E-state index in [9.17, 15) is 4.79 Å². The van der Waals surface area contributed by atoms with Crippen LogP contribution in [0.5, 0.6) is 0 Å². The number of rotatable bonds is 7. The lowest BCUT2D eigenvalue weighted by molar-refractivity contribution is 0.0549. The summed E-state index contributed by atoms with van der Waals surface area (Å²) in [5.41, 5.74) is 0.497. The average molecular weight is 334 g/mol. The number of hydrogen-bond donors (Lipinski definition) is 0. The van der Waals surface area contributed by atoms with E-state index < -0.39 is 0 Å². The molecule has 0 unspecified atom stereocenters. The zero-order valence-electron chi connectivity index (χ0n) is 9.06. The molecule has 16 heavy (non-hydrogen) atoms. The maximum atomic E-state index is 11.4. The van der Waals surface area contributed by atoms with Crippen molar-refractivity contribution in [2.45, 2.75) is 19.4 Å². The Bertz CT molecular complexity index is 350. The molecule has 1 aromatic heterocycles. The molecule has 0 aliphatic heterocycles. The largest absolute Gasteiger partial charge is 0.458 e. The smallest absolute Gasteiger partial charge is 0.341 e. The quantitative estimate of drug-likeness (QED) is 0.253. The minimum atomic E-state index is -0.347. The summed E-state index contributed by atoms with van der Waals surface area (Å²) >= 11 is 2.35. The van der Waals surface area contributed by atoms with Crippen molar-refractivity contribution in [2.75, 3.05) is 11.0 Å². The van der Waals surface area contributed by atoms with Gasteiger partial charge in [-0.1, -0.05) is 35.2 Å². The Kier molecular flexibility index (Phi) is 6.14. The SMILES string of the molecule is C=CCOC(=O)c1cnn(CCCCI)c1. The topological polar surface area (TPSA) is 44.1 Å². The van der Waals surface area contributed by atoms with Crippen LogP contribution in [0.2, 0.25) is 0 Å². The van der Waals surface area contributed by atoms with Crippen LogP contribution in [-0.4, -0.2) is 26.8 Å². The first-order valence-corrected chi connectivity index (χ1v) is 6.67. The van der Waals surface area contributed by atoms with Crippen LogP contribution < -0.4 is 0 Å². The number of nitrogens with zero attached hydrogens (tertiary/aromatic N) is 2. The lowest BCUT2D eigenvalue weighted by Gasteiger charge is -1.99. The standard InChI is InChI=1S/C11H15IN2O2/c1-2-7-16-11(15)10-8-13-14(9-10)6-4-3-5-12/h2,8-9H,1,3-7H2. The van der Waals surface area contributed by atoms with Gasteiger partial charge in [0, 0.05) is 12.7 Å². The Labute approximate surface area is 109 Å². The highest BCUT2D eigenvalue weighted by molar-refractivity contribution is 14.1. The van der Waals surface area contributed by atoms with E-state index in [1.54, 1.807) is 17.0 Å². The van der Waals surface area contributed by atoms with Crippen molar-refractivity contribution in [3.05, 3.63) is 30.6 Å². The number of carbonyl (C=O) groups excluding carboxylic acids is 1. The molecule has 0 saturated carbocycles. The van der Waals surface area contributed by atoms with Crippen molar-refractivity contribution in [1.29, 1.82) is 0 Å². The zero-order valence-corrected chi connectivity index (χ0v) is 11.2. The second-order valence-electron chi connectivity index (χ2n) is 3.28. The Hall–Kier alpha value is -0.850. The van der Waals surface area contributed by atoms with Gasteiger partial charge in [-0.3, -0.25) is 4.68 Å². The molecular weight excluding hydrogens is 319 g/mol. The molecule has 0 N–H and O–H groups in total. The van der Waals surface area contributed by atoms with Crippen molar-refractivity contribution < 1.29 is 9.53 Å². The van der Waals surface area contributed by atoms with Gasteiger partial charge in [-0.2, -0.15) is 5.10 Å². The predicted molar refractivity (Wildman–Crippen MR) is 70.8 cm³/mol. The fraction of sp³-hybridized carbons (Fsp3) is 0.455. The van der Waals surface area contributed by atoms with Gasteiger partial charge in [0.1, 0.15) is 6.61 Å². The molecule has 1 rings (SSSR count). The lowest BCUT2D eigenvalue weighted by Crippen LogP contribution is -2.04. The molecule has 1 aromatic rings. The fourth-order valence-electron chi connectivity index (χ4n) is 1.18. The maximum Gasteiger partial charge on any atom is 0.341 e. The predicted octanol–water partition coefficient (Wildman–Crippen LogP) is 2.44. The highest BCUT2D eigenvalue weighted by Gasteiger charge is 2.08. The molecule has 0 amide bonds. The van der Waals surface area contributed by atoms with Gasteiger partial charge >= 0.3 is 5.97 Å². The fourth-order valence-corrected chi connectivity index (χ4v) is 1.72. The molecule has 1 heterocycles. The van der Waals surface area contributed by atoms with E-state index in [0.717, 1.165) is 23.8 Å². The third-order valence-electron chi connectivity index (χ3n) is 1.97. The number of halogens is 1. The first kappa shape index (κ1) is 13.2. The highest BCUT2D eigenvalue weighted by Crippen LogP contribution is 2.03. The van der Waals surface area contributed by atoms with Crippen molar-refractivity contribution in [3.8, 4) is 0 Å². The zero-order chi connectivity index (χ0) is 11.8. The molecule has 0 bridgehead atoms. The summed E-state index contributed by atoms with van der Waals surface area (Å²) in [5, 5.41) is 4.10. The van der Waals surface area contributed by atoms with Gasteiger partial charge in [-0.05, 0) is 17.3 Å². The Balaban J connectivity index is 2.43. The number of alkyl halides is 1. The van der Waals surface area contributed by atoms with Crippen molar-refractivity contribution in [1.82, 2.24) is 9.78 Å². The molecule has 0 atom stereocenters. The van der Waals surface area contributed by atoms with E-state index in [0.29, 0.717) is 5.56 Å². The summed E-state index contributed by atoms with van der Waals surface area (Å²) in [6, 6.07) is 0. The maximum absolute atomic E-state index is 11.4. The van der Waals surface area contributed by atoms with Gasteiger partial charge in [-0.25, -0.2) is 4.79 Å². The number of carbonyl (C=O) groups is 1. The number of unbranched alkanes of at least 4 members (excludes halogenated alkanes) is 1. The first-order valence-electron chi connectivity index (χ1n) is 5.14. The summed E-state index contributed by atoms with van der Waals surface area (Å²) in [4.78, 5) is 11.4. The normalized spacial score (nSPS) is 10.1. The molecule has 0 aliphatic rings. The third kappa shape index (κ3) is 4.34. The molecule has 88 valence electrons. The van der Waals surface area contributed by atoms with Crippen LogP contribution in [0.25, 0.3) is 0 Å². The summed E-state index contributed by atoms with van der Waals surface area (Å²) in [6.45, 7) is 4.56. The van der Waals surface area contributed by atoms with Crippen LogP contribution in [-0.2, 0) is 11.3 Å². The van der Waals surface area contributed by atoms with E-state index in [1.807, 2.05) is 0 Å². The van der Waals surface area contributed by atoms with Gasteiger partial charge < -0.3 is 4.74 Å². The molecule has 0 spiro atoms. The number of aryl methyl sites for hydroxylation is 1. The molecular formula is C11H15IN2O2. The molecule has 0 aromatic carbocycles. The first-order chi connectivity index (χ1) is 7.77. The van der Waals surface area contributed by atoms with Gasteiger partial charge in [0.2, 0.25) is 0 Å². The van der Waals surface area contributed by atoms with E-state index in [2.05, 4.69) is 34.3 Å². The molecule has 0 saturated heterocycles. The van der Waals surface area contributed by atoms with Gasteiger partial charge in [0.15, 0.2) is 0 Å². The van der Waals surface area contributed by atoms with E-state index in [1.165, 1.54) is 6.20 Å². The number of aromatic nitrogens is 2. The van der Waals surface area contributed by atoms with Crippen LogP contribution in [0.3, 0.4) is 0 Å². The number of ether oxygens (including phenoxy) is 1. The van der Waals surface area contributed by atoms with Crippen molar-refractivity contribution >= 4 is 28.6 Å². The third-order valence-corrected chi connectivity index (χ3v) is 2.73.